The Hall–Kier alpha value is -0.920. The highest BCUT2D eigenvalue weighted by Crippen LogP contribution is 2.39. The number of guanidine groups is 1. The molecule has 0 saturated heterocycles. The Labute approximate surface area is 140 Å². The van der Waals surface area contributed by atoms with Crippen molar-refractivity contribution in [2.24, 2.45) is 10.7 Å². The lowest BCUT2D eigenvalue weighted by atomic mass is 9.76. The number of nitrogens with two attached hydrogens (primary N) is 1. The largest absolute Gasteiger partial charge is 0.370 e. The van der Waals surface area contributed by atoms with Crippen LogP contribution in [0.3, 0.4) is 0 Å². The Morgan fingerprint density at radius 2 is 1.76 bits per heavy atom. The summed E-state index contributed by atoms with van der Waals surface area (Å²) in [5, 5.41) is 0. The molecule has 0 heterocycles. The molecule has 0 aromatic heterocycles. The summed E-state index contributed by atoms with van der Waals surface area (Å²) in [4.78, 5) is 6.52. The monoisotopic (exact) mass is 407 g/mol. The summed E-state index contributed by atoms with van der Waals surface area (Å²) in [6.45, 7) is 0. The number of aliphatic imine (C=N–C) groups is 1. The molecule has 2 fully saturated rings. The molecular weight excluding hydrogens is 387 g/mol. The van der Waals surface area contributed by atoms with E-state index >= 15 is 0 Å². The number of halogens is 3. The molecule has 0 bridgehead atoms. The zero-order chi connectivity index (χ0) is 14.3. The first-order valence-corrected chi connectivity index (χ1v) is 7.05. The number of benzene rings is 1. The zero-order valence-electron chi connectivity index (χ0n) is 11.9. The first kappa shape index (κ1) is 16.5. The molecule has 1 aromatic rings. The lowest BCUT2D eigenvalue weighted by molar-refractivity contribution is 0.345. The molecule has 21 heavy (non-hydrogen) atoms. The van der Waals surface area contributed by atoms with E-state index in [9.17, 15) is 8.78 Å². The normalized spacial score (nSPS) is 25.0. The van der Waals surface area contributed by atoms with Crippen LogP contribution in [0.15, 0.2) is 23.2 Å². The third-order valence-corrected chi connectivity index (χ3v) is 4.24. The molecule has 0 atom stereocenters. The number of nitrogens with zero attached hydrogens (tertiary/aromatic N) is 2. The molecule has 116 valence electrons. The fourth-order valence-corrected chi connectivity index (χ4v) is 2.70. The van der Waals surface area contributed by atoms with Gasteiger partial charge in [-0.05, 0) is 49.3 Å². The Bertz CT molecular complexity index is 519. The highest BCUT2D eigenvalue weighted by atomic mass is 127. The van der Waals surface area contributed by atoms with E-state index < -0.39 is 11.6 Å². The van der Waals surface area contributed by atoms with Gasteiger partial charge in [0.1, 0.15) is 11.6 Å². The molecular formula is C15H20F2IN3. The second kappa shape index (κ2) is 6.46. The van der Waals surface area contributed by atoms with Gasteiger partial charge in [-0.3, -0.25) is 0 Å². The summed E-state index contributed by atoms with van der Waals surface area (Å²) < 4.78 is 26.3. The van der Waals surface area contributed by atoms with Crippen LogP contribution in [0.4, 0.5) is 8.78 Å². The van der Waals surface area contributed by atoms with Crippen LogP contribution in [-0.2, 0) is 0 Å². The van der Waals surface area contributed by atoms with Crippen LogP contribution in [0, 0.1) is 11.6 Å². The second-order valence-corrected chi connectivity index (χ2v) is 5.85. The van der Waals surface area contributed by atoms with E-state index in [0.717, 1.165) is 24.5 Å². The van der Waals surface area contributed by atoms with Crippen LogP contribution in [0.1, 0.15) is 37.2 Å². The number of hydrogen-bond acceptors (Lipinski definition) is 1. The van der Waals surface area contributed by atoms with Gasteiger partial charge in [0.2, 0.25) is 0 Å². The van der Waals surface area contributed by atoms with Crippen molar-refractivity contribution in [2.75, 3.05) is 7.05 Å². The molecule has 0 spiro atoms. The van der Waals surface area contributed by atoms with Gasteiger partial charge in [-0.2, -0.15) is 0 Å². The van der Waals surface area contributed by atoms with Gasteiger partial charge < -0.3 is 10.6 Å². The highest BCUT2D eigenvalue weighted by molar-refractivity contribution is 14.0. The molecule has 1 aromatic carbocycles. The predicted octanol–water partition coefficient (Wildman–Crippen LogP) is 3.24. The maximum Gasteiger partial charge on any atom is 0.191 e. The van der Waals surface area contributed by atoms with Crippen molar-refractivity contribution >= 4 is 29.9 Å². The van der Waals surface area contributed by atoms with Crippen LogP contribution in [0.5, 0.6) is 0 Å². The topological polar surface area (TPSA) is 41.6 Å². The minimum absolute atomic E-state index is 0. The summed E-state index contributed by atoms with van der Waals surface area (Å²) in [5.74, 6) is -0.255. The molecule has 0 unspecified atom stereocenters. The van der Waals surface area contributed by atoms with Gasteiger partial charge in [0.25, 0.3) is 0 Å². The quantitative estimate of drug-likeness (QED) is 0.475. The fraction of sp³-hybridized carbons (Fsp3) is 0.533. The molecule has 0 aliphatic heterocycles. The molecule has 2 aliphatic carbocycles. The molecule has 3 nitrogen and oxygen atoms in total. The van der Waals surface area contributed by atoms with Crippen molar-refractivity contribution < 1.29 is 8.78 Å². The van der Waals surface area contributed by atoms with Crippen LogP contribution in [-0.4, -0.2) is 30.0 Å². The van der Waals surface area contributed by atoms with Crippen molar-refractivity contribution in [3.63, 3.8) is 0 Å². The maximum atomic E-state index is 13.2. The minimum Gasteiger partial charge on any atom is -0.370 e. The van der Waals surface area contributed by atoms with Gasteiger partial charge in [0, 0.05) is 19.2 Å². The standard InChI is InChI=1S/C15H19F2N3.HI/c1-20(14-2-3-14)15(18)19-13-6-10(7-13)9-4-11(16)8-12(17)5-9;/h4-5,8,10,13-14H,2-3,6-7H2,1H3,(H2,18,19);1H. The van der Waals surface area contributed by atoms with E-state index in [1.807, 2.05) is 11.9 Å². The average Bonchev–Trinajstić information content (AvgIpc) is 3.14. The molecule has 3 rings (SSSR count). The van der Waals surface area contributed by atoms with Crippen molar-refractivity contribution in [3.05, 3.63) is 35.4 Å². The number of rotatable bonds is 3. The summed E-state index contributed by atoms with van der Waals surface area (Å²) in [7, 11) is 1.97. The molecule has 0 radical (unpaired) electrons. The Balaban J connectivity index is 0.00000161. The minimum atomic E-state index is -0.514. The van der Waals surface area contributed by atoms with E-state index in [1.54, 1.807) is 0 Å². The smallest absolute Gasteiger partial charge is 0.191 e. The maximum absolute atomic E-state index is 13.2. The Kier molecular flexibility index (Phi) is 5.06. The first-order valence-electron chi connectivity index (χ1n) is 7.05. The van der Waals surface area contributed by atoms with Crippen molar-refractivity contribution in [1.82, 2.24) is 4.90 Å². The second-order valence-electron chi connectivity index (χ2n) is 5.85. The van der Waals surface area contributed by atoms with Crippen LogP contribution in [0.25, 0.3) is 0 Å². The Morgan fingerprint density at radius 1 is 1.19 bits per heavy atom. The predicted molar refractivity (Wildman–Crippen MR) is 89.9 cm³/mol. The van der Waals surface area contributed by atoms with Crippen molar-refractivity contribution in [1.29, 1.82) is 0 Å². The summed E-state index contributed by atoms with van der Waals surface area (Å²) in [5.41, 5.74) is 6.68. The van der Waals surface area contributed by atoms with Gasteiger partial charge in [0.05, 0.1) is 6.04 Å². The summed E-state index contributed by atoms with van der Waals surface area (Å²) >= 11 is 0. The molecule has 2 N–H and O–H groups in total. The summed E-state index contributed by atoms with van der Waals surface area (Å²) in [6.07, 6.45) is 3.98. The van der Waals surface area contributed by atoms with Gasteiger partial charge in [-0.25, -0.2) is 13.8 Å². The fourth-order valence-electron chi connectivity index (χ4n) is 2.70. The third-order valence-electron chi connectivity index (χ3n) is 4.24. The molecule has 0 amide bonds. The van der Waals surface area contributed by atoms with Gasteiger partial charge in [-0.1, -0.05) is 0 Å². The van der Waals surface area contributed by atoms with Gasteiger partial charge in [0.15, 0.2) is 5.96 Å². The molecule has 2 saturated carbocycles. The average molecular weight is 407 g/mol. The summed E-state index contributed by atoms with van der Waals surface area (Å²) in [6, 6.07) is 4.45. The van der Waals surface area contributed by atoms with Crippen LogP contribution in [0.2, 0.25) is 0 Å². The highest BCUT2D eigenvalue weighted by Gasteiger charge is 2.32. The van der Waals surface area contributed by atoms with E-state index in [-0.39, 0.29) is 35.9 Å². The van der Waals surface area contributed by atoms with Crippen molar-refractivity contribution in [3.8, 4) is 0 Å². The van der Waals surface area contributed by atoms with Crippen molar-refractivity contribution in [2.45, 2.75) is 43.7 Å². The van der Waals surface area contributed by atoms with Gasteiger partial charge >= 0.3 is 0 Å². The van der Waals surface area contributed by atoms with E-state index in [1.165, 1.54) is 25.0 Å². The van der Waals surface area contributed by atoms with Crippen LogP contribution >= 0.6 is 24.0 Å². The lowest BCUT2D eigenvalue weighted by Gasteiger charge is -2.34. The number of hydrogen-bond donors (Lipinski definition) is 1. The third kappa shape index (κ3) is 3.84. The van der Waals surface area contributed by atoms with Crippen LogP contribution < -0.4 is 5.73 Å². The molecule has 2 aliphatic rings. The first-order chi connectivity index (χ1) is 9.52. The Morgan fingerprint density at radius 3 is 2.29 bits per heavy atom. The zero-order valence-corrected chi connectivity index (χ0v) is 14.3. The molecule has 6 heteroatoms. The van der Waals surface area contributed by atoms with E-state index in [2.05, 4.69) is 4.99 Å². The van der Waals surface area contributed by atoms with E-state index in [4.69, 9.17) is 5.73 Å². The van der Waals surface area contributed by atoms with E-state index in [0.29, 0.717) is 12.0 Å². The van der Waals surface area contributed by atoms with Gasteiger partial charge in [-0.15, -0.1) is 24.0 Å². The SMILES string of the molecule is CN(C(N)=NC1CC(c2cc(F)cc(F)c2)C1)C1CC1.I. The lowest BCUT2D eigenvalue weighted by Crippen LogP contribution is -2.38.